The molecule has 2 aromatic rings. The maximum Gasteiger partial charge on any atom is 0.0555 e. The summed E-state index contributed by atoms with van der Waals surface area (Å²) in [4.78, 5) is 0. The molecule has 1 atom stereocenters. The first-order chi connectivity index (χ1) is 8.24. The van der Waals surface area contributed by atoms with Gasteiger partial charge in [-0.05, 0) is 42.2 Å². The Labute approximate surface area is 106 Å². The number of halogens is 1. The van der Waals surface area contributed by atoms with Crippen molar-refractivity contribution < 1.29 is 0 Å². The fourth-order valence-electron chi connectivity index (χ4n) is 2.51. The van der Waals surface area contributed by atoms with Crippen molar-refractivity contribution in [3.63, 3.8) is 0 Å². The van der Waals surface area contributed by atoms with Crippen LogP contribution in [0.5, 0.6) is 0 Å². The zero-order valence-electron chi connectivity index (χ0n) is 9.70. The number of aryl methyl sites for hydroxylation is 1. The molecule has 1 heterocycles. The SMILES string of the molecule is Cc1cc(Cl)cc2c1NC(c1ccccc1)C2. The second kappa shape index (κ2) is 4.08. The Kier molecular flexibility index (Phi) is 2.56. The quantitative estimate of drug-likeness (QED) is 0.785. The van der Waals surface area contributed by atoms with Crippen molar-refractivity contribution in [2.24, 2.45) is 0 Å². The lowest BCUT2D eigenvalue weighted by atomic mass is 10.0. The second-order valence-corrected chi connectivity index (χ2v) is 5.00. The number of benzene rings is 2. The normalized spacial score (nSPS) is 17.6. The number of hydrogen-bond acceptors (Lipinski definition) is 1. The lowest BCUT2D eigenvalue weighted by molar-refractivity contribution is 0.824. The Morgan fingerprint density at radius 2 is 1.94 bits per heavy atom. The fourth-order valence-corrected chi connectivity index (χ4v) is 2.81. The van der Waals surface area contributed by atoms with Crippen molar-refractivity contribution in [3.8, 4) is 0 Å². The van der Waals surface area contributed by atoms with Gasteiger partial charge >= 0.3 is 0 Å². The highest BCUT2D eigenvalue weighted by Crippen LogP contribution is 2.37. The van der Waals surface area contributed by atoms with E-state index in [9.17, 15) is 0 Å². The Morgan fingerprint density at radius 3 is 2.71 bits per heavy atom. The van der Waals surface area contributed by atoms with Gasteiger partial charge in [-0.1, -0.05) is 41.9 Å². The summed E-state index contributed by atoms with van der Waals surface area (Å²) in [6.07, 6.45) is 1.01. The molecule has 3 rings (SSSR count). The standard InChI is InChI=1S/C15H14ClN/c1-10-7-13(16)8-12-9-14(17-15(10)12)11-5-3-2-4-6-11/h2-8,14,17H,9H2,1H3. The highest BCUT2D eigenvalue weighted by molar-refractivity contribution is 6.30. The Balaban J connectivity index is 1.96. The molecule has 17 heavy (non-hydrogen) atoms. The molecule has 1 aliphatic rings. The number of nitrogens with one attached hydrogen (secondary N) is 1. The van der Waals surface area contributed by atoms with E-state index in [0.717, 1.165) is 11.4 Å². The summed E-state index contributed by atoms with van der Waals surface area (Å²) >= 11 is 6.09. The first kappa shape index (κ1) is 10.7. The molecule has 0 saturated heterocycles. The van der Waals surface area contributed by atoms with Gasteiger partial charge in [0, 0.05) is 10.7 Å². The molecule has 0 aromatic heterocycles. The highest BCUT2D eigenvalue weighted by atomic mass is 35.5. The average Bonchev–Trinajstić information content (AvgIpc) is 2.74. The lowest BCUT2D eigenvalue weighted by Crippen LogP contribution is -2.05. The van der Waals surface area contributed by atoms with Crippen molar-refractivity contribution in [1.82, 2.24) is 0 Å². The molecule has 2 aromatic carbocycles. The third kappa shape index (κ3) is 1.91. The largest absolute Gasteiger partial charge is 0.377 e. The zero-order chi connectivity index (χ0) is 11.8. The minimum atomic E-state index is 0.378. The van der Waals surface area contributed by atoms with Gasteiger partial charge in [0.2, 0.25) is 0 Å². The molecule has 0 aliphatic carbocycles. The summed E-state index contributed by atoms with van der Waals surface area (Å²) in [6.45, 7) is 2.10. The Bertz CT molecular complexity index is 548. The molecule has 1 N–H and O–H groups in total. The maximum atomic E-state index is 6.09. The van der Waals surface area contributed by atoms with Gasteiger partial charge < -0.3 is 5.32 Å². The molecule has 1 unspecified atom stereocenters. The molecule has 0 fully saturated rings. The van der Waals surface area contributed by atoms with Crippen LogP contribution in [-0.4, -0.2) is 0 Å². The molecule has 0 radical (unpaired) electrons. The van der Waals surface area contributed by atoms with E-state index in [1.165, 1.54) is 22.4 Å². The number of rotatable bonds is 1. The van der Waals surface area contributed by atoms with Crippen LogP contribution in [-0.2, 0) is 6.42 Å². The van der Waals surface area contributed by atoms with Crippen molar-refractivity contribution >= 4 is 17.3 Å². The van der Waals surface area contributed by atoms with Gasteiger partial charge in [-0.3, -0.25) is 0 Å². The van der Waals surface area contributed by atoms with E-state index >= 15 is 0 Å². The predicted molar refractivity (Wildman–Crippen MR) is 72.7 cm³/mol. The molecule has 0 spiro atoms. The van der Waals surface area contributed by atoms with Crippen molar-refractivity contribution in [2.45, 2.75) is 19.4 Å². The van der Waals surface area contributed by atoms with Crippen LogP contribution in [0.2, 0.25) is 5.02 Å². The van der Waals surface area contributed by atoms with Crippen LogP contribution in [0.4, 0.5) is 5.69 Å². The molecule has 0 bridgehead atoms. The topological polar surface area (TPSA) is 12.0 Å². The minimum absolute atomic E-state index is 0.378. The summed E-state index contributed by atoms with van der Waals surface area (Å²) in [5, 5.41) is 4.42. The van der Waals surface area contributed by atoms with Gasteiger partial charge in [0.25, 0.3) is 0 Å². The second-order valence-electron chi connectivity index (χ2n) is 4.57. The summed E-state index contributed by atoms with van der Waals surface area (Å²) in [5.74, 6) is 0. The summed E-state index contributed by atoms with van der Waals surface area (Å²) in [7, 11) is 0. The zero-order valence-corrected chi connectivity index (χ0v) is 10.5. The molecular weight excluding hydrogens is 230 g/mol. The Hall–Kier alpha value is -1.47. The van der Waals surface area contributed by atoms with Crippen molar-refractivity contribution in [2.75, 3.05) is 5.32 Å². The van der Waals surface area contributed by atoms with Gasteiger partial charge in [-0.2, -0.15) is 0 Å². The Morgan fingerprint density at radius 1 is 1.18 bits per heavy atom. The minimum Gasteiger partial charge on any atom is -0.377 e. The van der Waals surface area contributed by atoms with Crippen molar-refractivity contribution in [1.29, 1.82) is 0 Å². The molecule has 0 amide bonds. The highest BCUT2D eigenvalue weighted by Gasteiger charge is 2.23. The molecule has 1 nitrogen and oxygen atoms in total. The number of anilines is 1. The predicted octanol–water partition coefficient (Wildman–Crippen LogP) is 4.36. The van der Waals surface area contributed by atoms with E-state index in [2.05, 4.69) is 42.6 Å². The van der Waals surface area contributed by atoms with Crippen LogP contribution in [0, 0.1) is 6.92 Å². The maximum absolute atomic E-state index is 6.09. The van der Waals surface area contributed by atoms with Crippen molar-refractivity contribution in [3.05, 3.63) is 64.2 Å². The van der Waals surface area contributed by atoms with Crippen LogP contribution < -0.4 is 5.32 Å². The fraction of sp³-hybridized carbons (Fsp3) is 0.200. The average molecular weight is 244 g/mol. The monoisotopic (exact) mass is 243 g/mol. The van der Waals surface area contributed by atoms with E-state index in [1.807, 2.05) is 12.1 Å². The first-order valence-electron chi connectivity index (χ1n) is 5.84. The van der Waals surface area contributed by atoms with E-state index in [1.54, 1.807) is 0 Å². The van der Waals surface area contributed by atoms with Crippen LogP contribution >= 0.6 is 11.6 Å². The number of hydrogen-bond donors (Lipinski definition) is 1. The van der Waals surface area contributed by atoms with Crippen LogP contribution in [0.3, 0.4) is 0 Å². The van der Waals surface area contributed by atoms with E-state index in [0.29, 0.717) is 6.04 Å². The van der Waals surface area contributed by atoms with Gasteiger partial charge in [-0.25, -0.2) is 0 Å². The van der Waals surface area contributed by atoms with Gasteiger partial charge in [0.05, 0.1) is 6.04 Å². The third-order valence-corrected chi connectivity index (χ3v) is 3.54. The van der Waals surface area contributed by atoms with E-state index < -0.39 is 0 Å². The third-order valence-electron chi connectivity index (χ3n) is 3.33. The van der Waals surface area contributed by atoms with E-state index in [-0.39, 0.29) is 0 Å². The van der Waals surface area contributed by atoms with Gasteiger partial charge in [0.1, 0.15) is 0 Å². The summed E-state index contributed by atoms with van der Waals surface area (Å²) < 4.78 is 0. The first-order valence-corrected chi connectivity index (χ1v) is 6.22. The van der Waals surface area contributed by atoms with Crippen LogP contribution in [0.15, 0.2) is 42.5 Å². The lowest BCUT2D eigenvalue weighted by Gasteiger charge is -2.12. The van der Waals surface area contributed by atoms with Gasteiger partial charge in [-0.15, -0.1) is 0 Å². The summed E-state index contributed by atoms with van der Waals surface area (Å²) in [6, 6.07) is 15.0. The molecular formula is C15H14ClN. The van der Waals surface area contributed by atoms with Crippen LogP contribution in [0.25, 0.3) is 0 Å². The van der Waals surface area contributed by atoms with E-state index in [4.69, 9.17) is 11.6 Å². The summed E-state index contributed by atoms with van der Waals surface area (Å²) in [5.41, 5.74) is 5.14. The molecule has 0 saturated carbocycles. The van der Waals surface area contributed by atoms with Gasteiger partial charge in [0.15, 0.2) is 0 Å². The molecule has 86 valence electrons. The number of fused-ring (bicyclic) bond motifs is 1. The molecule has 2 heteroatoms. The van der Waals surface area contributed by atoms with Crippen LogP contribution in [0.1, 0.15) is 22.7 Å². The smallest absolute Gasteiger partial charge is 0.0555 e. The molecule has 1 aliphatic heterocycles.